The molecular formula is C14H18N4O2. The third kappa shape index (κ3) is 2.74. The maximum Gasteiger partial charge on any atom is 0.254 e. The number of nitrogens with one attached hydrogen (secondary N) is 1. The van der Waals surface area contributed by atoms with Crippen LogP contribution in [0.25, 0.3) is 0 Å². The fourth-order valence-electron chi connectivity index (χ4n) is 2.51. The van der Waals surface area contributed by atoms with E-state index >= 15 is 0 Å². The minimum Gasteiger partial charge on any atom is -0.472 e. The van der Waals surface area contributed by atoms with Crippen molar-refractivity contribution in [3.63, 3.8) is 0 Å². The van der Waals surface area contributed by atoms with Gasteiger partial charge in [-0.15, -0.1) is 10.2 Å². The first-order valence-electron chi connectivity index (χ1n) is 7.06. The molecule has 0 saturated heterocycles. The summed E-state index contributed by atoms with van der Waals surface area (Å²) >= 11 is 0. The van der Waals surface area contributed by atoms with Crippen LogP contribution >= 0.6 is 0 Å². The molecule has 1 aliphatic rings. The lowest BCUT2D eigenvalue weighted by molar-refractivity contribution is 0.0953. The first-order valence-corrected chi connectivity index (χ1v) is 7.06. The predicted octanol–water partition coefficient (Wildman–Crippen LogP) is 1.57. The second kappa shape index (κ2) is 5.90. The Labute approximate surface area is 117 Å². The van der Waals surface area contributed by atoms with Crippen molar-refractivity contribution in [3.05, 3.63) is 35.8 Å². The zero-order chi connectivity index (χ0) is 13.8. The van der Waals surface area contributed by atoms with Crippen LogP contribution in [0, 0.1) is 0 Å². The Hall–Kier alpha value is -2.11. The average Bonchev–Trinajstić information content (AvgIpc) is 3.05. The number of hydrogen-bond acceptors (Lipinski definition) is 4. The van der Waals surface area contributed by atoms with E-state index in [1.165, 1.54) is 31.8 Å². The summed E-state index contributed by atoms with van der Waals surface area (Å²) in [6.07, 6.45) is 8.27. The molecule has 1 amide bonds. The third-order valence-electron chi connectivity index (χ3n) is 3.60. The molecule has 2 aromatic heterocycles. The van der Waals surface area contributed by atoms with Crippen molar-refractivity contribution in [1.82, 2.24) is 20.1 Å². The topological polar surface area (TPSA) is 73.0 Å². The SMILES string of the molecule is O=C(NCCc1nnc2n1CCCCC2)c1ccoc1. The molecule has 0 aromatic carbocycles. The number of amides is 1. The van der Waals surface area contributed by atoms with E-state index in [-0.39, 0.29) is 5.91 Å². The van der Waals surface area contributed by atoms with E-state index in [1.807, 2.05) is 0 Å². The summed E-state index contributed by atoms with van der Waals surface area (Å²) in [6, 6.07) is 1.65. The van der Waals surface area contributed by atoms with Gasteiger partial charge >= 0.3 is 0 Å². The molecule has 2 aromatic rings. The fourth-order valence-corrected chi connectivity index (χ4v) is 2.51. The van der Waals surface area contributed by atoms with Gasteiger partial charge in [-0.05, 0) is 18.9 Å². The fraction of sp³-hybridized carbons (Fsp3) is 0.500. The zero-order valence-corrected chi connectivity index (χ0v) is 11.3. The number of carbonyl (C=O) groups excluding carboxylic acids is 1. The van der Waals surface area contributed by atoms with Gasteiger partial charge in [0.1, 0.15) is 17.9 Å². The standard InChI is InChI=1S/C14H18N4O2/c19-14(11-6-9-20-10-11)15-7-5-13-17-16-12-4-2-1-3-8-18(12)13/h6,9-10H,1-5,7-8H2,(H,15,19). The quantitative estimate of drug-likeness (QED) is 0.918. The van der Waals surface area contributed by atoms with Gasteiger partial charge in [0.05, 0.1) is 11.8 Å². The highest BCUT2D eigenvalue weighted by molar-refractivity contribution is 5.93. The Kier molecular flexibility index (Phi) is 3.80. The highest BCUT2D eigenvalue weighted by Crippen LogP contribution is 2.14. The second-order valence-corrected chi connectivity index (χ2v) is 5.01. The summed E-state index contributed by atoms with van der Waals surface area (Å²) < 4.78 is 7.09. The van der Waals surface area contributed by atoms with Crippen LogP contribution in [-0.4, -0.2) is 27.2 Å². The van der Waals surface area contributed by atoms with Crippen LogP contribution in [0.1, 0.15) is 41.3 Å². The van der Waals surface area contributed by atoms with E-state index in [9.17, 15) is 4.79 Å². The van der Waals surface area contributed by atoms with Crippen molar-refractivity contribution in [2.45, 2.75) is 38.6 Å². The number of nitrogens with zero attached hydrogens (tertiary/aromatic N) is 3. The average molecular weight is 274 g/mol. The maximum atomic E-state index is 11.8. The minimum atomic E-state index is -0.116. The van der Waals surface area contributed by atoms with Gasteiger partial charge in [-0.1, -0.05) is 6.42 Å². The Morgan fingerprint density at radius 1 is 1.35 bits per heavy atom. The number of carbonyl (C=O) groups is 1. The Morgan fingerprint density at radius 3 is 3.15 bits per heavy atom. The van der Waals surface area contributed by atoms with Crippen molar-refractivity contribution in [2.75, 3.05) is 6.54 Å². The summed E-state index contributed by atoms with van der Waals surface area (Å²) in [5.74, 6) is 1.93. The summed E-state index contributed by atoms with van der Waals surface area (Å²) in [7, 11) is 0. The van der Waals surface area contributed by atoms with Crippen LogP contribution in [0.4, 0.5) is 0 Å². The van der Waals surface area contributed by atoms with Gasteiger partial charge in [-0.3, -0.25) is 4.79 Å². The third-order valence-corrected chi connectivity index (χ3v) is 3.60. The van der Waals surface area contributed by atoms with Crippen LogP contribution in [-0.2, 0) is 19.4 Å². The van der Waals surface area contributed by atoms with Gasteiger partial charge in [0.2, 0.25) is 0 Å². The maximum absolute atomic E-state index is 11.8. The molecular weight excluding hydrogens is 256 g/mol. The van der Waals surface area contributed by atoms with Crippen LogP contribution in [0.3, 0.4) is 0 Å². The van der Waals surface area contributed by atoms with Gasteiger partial charge in [0, 0.05) is 25.9 Å². The van der Waals surface area contributed by atoms with E-state index in [0.29, 0.717) is 18.5 Å². The lowest BCUT2D eigenvalue weighted by Gasteiger charge is -2.07. The van der Waals surface area contributed by atoms with Crippen molar-refractivity contribution in [2.24, 2.45) is 0 Å². The van der Waals surface area contributed by atoms with Crippen LogP contribution < -0.4 is 5.32 Å². The number of aromatic nitrogens is 3. The van der Waals surface area contributed by atoms with Crippen molar-refractivity contribution in [1.29, 1.82) is 0 Å². The molecule has 0 fully saturated rings. The Bertz CT molecular complexity index is 574. The Balaban J connectivity index is 1.56. The molecule has 6 nitrogen and oxygen atoms in total. The lowest BCUT2D eigenvalue weighted by Crippen LogP contribution is -2.26. The van der Waals surface area contributed by atoms with Crippen LogP contribution in [0.2, 0.25) is 0 Å². The van der Waals surface area contributed by atoms with E-state index in [2.05, 4.69) is 20.1 Å². The normalized spacial score (nSPS) is 14.6. The molecule has 20 heavy (non-hydrogen) atoms. The van der Waals surface area contributed by atoms with Gasteiger partial charge in [-0.25, -0.2) is 0 Å². The molecule has 6 heteroatoms. The molecule has 1 N–H and O–H groups in total. The molecule has 3 heterocycles. The van der Waals surface area contributed by atoms with E-state index < -0.39 is 0 Å². The molecule has 0 spiro atoms. The number of furan rings is 1. The molecule has 0 aliphatic carbocycles. The summed E-state index contributed by atoms with van der Waals surface area (Å²) in [5.41, 5.74) is 0.546. The summed E-state index contributed by atoms with van der Waals surface area (Å²) in [6.45, 7) is 1.55. The molecule has 106 valence electrons. The van der Waals surface area contributed by atoms with E-state index in [1.54, 1.807) is 6.07 Å². The number of aryl methyl sites for hydroxylation is 1. The predicted molar refractivity (Wildman–Crippen MR) is 72.3 cm³/mol. The molecule has 3 rings (SSSR count). The van der Waals surface area contributed by atoms with Crippen molar-refractivity contribution >= 4 is 5.91 Å². The van der Waals surface area contributed by atoms with E-state index in [4.69, 9.17) is 4.42 Å². The largest absolute Gasteiger partial charge is 0.472 e. The lowest BCUT2D eigenvalue weighted by atomic mass is 10.2. The Morgan fingerprint density at radius 2 is 2.30 bits per heavy atom. The number of hydrogen-bond donors (Lipinski definition) is 1. The molecule has 0 unspecified atom stereocenters. The van der Waals surface area contributed by atoms with Crippen molar-refractivity contribution in [3.8, 4) is 0 Å². The molecule has 0 atom stereocenters. The highest BCUT2D eigenvalue weighted by Gasteiger charge is 2.14. The monoisotopic (exact) mass is 274 g/mol. The number of fused-ring (bicyclic) bond motifs is 1. The molecule has 0 radical (unpaired) electrons. The smallest absolute Gasteiger partial charge is 0.254 e. The molecule has 0 saturated carbocycles. The second-order valence-electron chi connectivity index (χ2n) is 5.01. The van der Waals surface area contributed by atoms with Gasteiger partial charge in [0.25, 0.3) is 5.91 Å². The minimum absolute atomic E-state index is 0.116. The van der Waals surface area contributed by atoms with E-state index in [0.717, 1.165) is 24.6 Å². The van der Waals surface area contributed by atoms with Crippen LogP contribution in [0.5, 0.6) is 0 Å². The molecule has 0 bridgehead atoms. The first kappa shape index (κ1) is 12.9. The van der Waals surface area contributed by atoms with Crippen molar-refractivity contribution < 1.29 is 9.21 Å². The molecule has 1 aliphatic heterocycles. The first-order chi connectivity index (χ1) is 9.84. The number of rotatable bonds is 4. The zero-order valence-electron chi connectivity index (χ0n) is 11.3. The van der Waals surface area contributed by atoms with Gasteiger partial charge in [0.15, 0.2) is 0 Å². The van der Waals surface area contributed by atoms with Crippen LogP contribution in [0.15, 0.2) is 23.0 Å². The highest BCUT2D eigenvalue weighted by atomic mass is 16.3. The summed E-state index contributed by atoms with van der Waals surface area (Å²) in [5, 5.41) is 11.4. The summed E-state index contributed by atoms with van der Waals surface area (Å²) in [4.78, 5) is 11.8. The van der Waals surface area contributed by atoms with Gasteiger partial charge < -0.3 is 14.3 Å². The van der Waals surface area contributed by atoms with Gasteiger partial charge in [-0.2, -0.15) is 0 Å².